The minimum atomic E-state index is 0.0517. The van der Waals surface area contributed by atoms with Crippen LogP contribution in [0.25, 0.3) is 0 Å². The number of rotatable bonds is 2. The van der Waals surface area contributed by atoms with Crippen LogP contribution in [0.1, 0.15) is 51.2 Å². The van der Waals surface area contributed by atoms with Gasteiger partial charge in [-0.1, -0.05) is 63.2 Å². The molecule has 1 nitrogen and oxygen atoms in total. The Morgan fingerprint density at radius 1 is 0.864 bits per heavy atom. The van der Waals surface area contributed by atoms with Gasteiger partial charge in [0.1, 0.15) is 5.75 Å². The van der Waals surface area contributed by atoms with Gasteiger partial charge in [-0.2, -0.15) is 0 Å². The molecule has 0 radical (unpaired) electrons. The van der Waals surface area contributed by atoms with Gasteiger partial charge < -0.3 is 5.11 Å². The third-order valence-corrected chi connectivity index (χ3v) is 5.12. The van der Waals surface area contributed by atoms with Gasteiger partial charge in [0, 0.05) is 5.41 Å². The van der Waals surface area contributed by atoms with E-state index in [2.05, 4.69) is 63.2 Å². The zero-order valence-corrected chi connectivity index (χ0v) is 13.8. The molecule has 1 fully saturated rings. The van der Waals surface area contributed by atoms with Crippen LogP contribution in [0.2, 0.25) is 0 Å². The van der Waals surface area contributed by atoms with E-state index in [9.17, 15) is 5.11 Å². The summed E-state index contributed by atoms with van der Waals surface area (Å²) in [6, 6.07) is 18.8. The van der Waals surface area contributed by atoms with Crippen molar-refractivity contribution in [1.82, 2.24) is 0 Å². The summed E-state index contributed by atoms with van der Waals surface area (Å²) in [5.41, 5.74) is 3.11. The van der Waals surface area contributed by atoms with Crippen LogP contribution in [-0.4, -0.2) is 5.11 Å². The van der Waals surface area contributed by atoms with Crippen LogP contribution in [0.4, 0.5) is 0 Å². The summed E-state index contributed by atoms with van der Waals surface area (Å²) in [6.07, 6.45) is 3.60. The number of phenolic OH excluding ortho intramolecular Hbond substituents is 1. The van der Waals surface area contributed by atoms with Gasteiger partial charge in [-0.05, 0) is 53.9 Å². The van der Waals surface area contributed by atoms with Crippen LogP contribution in [-0.2, 0) is 5.41 Å². The van der Waals surface area contributed by atoms with Crippen LogP contribution < -0.4 is 0 Å². The van der Waals surface area contributed by atoms with Crippen molar-refractivity contribution in [3.63, 3.8) is 0 Å². The lowest BCUT2D eigenvalue weighted by Crippen LogP contribution is -2.41. The second kappa shape index (κ2) is 5.46. The summed E-state index contributed by atoms with van der Waals surface area (Å²) in [6.45, 7) is 7.15. The maximum absolute atomic E-state index is 9.66. The summed E-state index contributed by atoms with van der Waals surface area (Å²) in [5, 5.41) is 9.66. The Bertz CT molecular complexity index is 627. The maximum Gasteiger partial charge on any atom is 0.115 e. The molecular formula is C21H26O. The molecule has 0 bridgehead atoms. The van der Waals surface area contributed by atoms with Gasteiger partial charge in [-0.15, -0.1) is 0 Å². The third-order valence-electron chi connectivity index (χ3n) is 5.12. The highest BCUT2D eigenvalue weighted by molar-refractivity contribution is 5.42. The highest BCUT2D eigenvalue weighted by atomic mass is 16.3. The number of benzene rings is 2. The molecule has 1 aliphatic carbocycles. The van der Waals surface area contributed by atoms with Crippen LogP contribution in [0.15, 0.2) is 54.6 Å². The fourth-order valence-electron chi connectivity index (χ4n) is 4.72. The van der Waals surface area contributed by atoms with Crippen molar-refractivity contribution in [2.75, 3.05) is 0 Å². The van der Waals surface area contributed by atoms with Gasteiger partial charge >= 0.3 is 0 Å². The first-order valence-electron chi connectivity index (χ1n) is 8.26. The lowest BCUT2D eigenvalue weighted by Gasteiger charge is -2.48. The topological polar surface area (TPSA) is 20.2 Å². The molecule has 0 saturated heterocycles. The predicted octanol–water partition coefficient (Wildman–Crippen LogP) is 5.52. The number of hydrogen-bond acceptors (Lipinski definition) is 1. The first-order chi connectivity index (χ1) is 10.4. The largest absolute Gasteiger partial charge is 0.508 e. The van der Waals surface area contributed by atoms with Gasteiger partial charge in [0.25, 0.3) is 0 Å². The van der Waals surface area contributed by atoms with E-state index in [1.165, 1.54) is 24.0 Å². The molecule has 0 spiro atoms. The molecule has 22 heavy (non-hydrogen) atoms. The summed E-state index contributed by atoms with van der Waals surface area (Å²) in [7, 11) is 0. The molecule has 1 saturated carbocycles. The van der Waals surface area contributed by atoms with Crippen molar-refractivity contribution in [2.24, 2.45) is 11.3 Å². The highest BCUT2D eigenvalue weighted by Gasteiger charge is 2.44. The molecule has 1 heteroatoms. The van der Waals surface area contributed by atoms with Crippen LogP contribution in [0.5, 0.6) is 5.75 Å². The van der Waals surface area contributed by atoms with E-state index in [0.717, 1.165) is 6.42 Å². The Kier molecular flexibility index (Phi) is 3.76. The Labute approximate surface area is 134 Å². The van der Waals surface area contributed by atoms with Crippen molar-refractivity contribution in [2.45, 2.75) is 45.4 Å². The standard InChI is InChI=1S/C21H26O/c1-16-13-20(2,3)15-21(14-16,17-7-5-4-6-8-17)18-9-11-19(22)12-10-18/h4-12,16,22H,13-15H2,1-3H3. The van der Waals surface area contributed by atoms with Crippen molar-refractivity contribution < 1.29 is 5.11 Å². The zero-order chi connectivity index (χ0) is 15.8. The Balaban J connectivity index is 2.16. The molecule has 3 rings (SSSR count). The quantitative estimate of drug-likeness (QED) is 0.772. The summed E-state index contributed by atoms with van der Waals surface area (Å²) >= 11 is 0. The van der Waals surface area contributed by atoms with Gasteiger partial charge in [0.05, 0.1) is 0 Å². The normalized spacial score (nSPS) is 27.5. The molecule has 0 aromatic heterocycles. The second-order valence-corrected chi connectivity index (χ2v) is 7.85. The van der Waals surface area contributed by atoms with E-state index in [-0.39, 0.29) is 5.41 Å². The minimum Gasteiger partial charge on any atom is -0.508 e. The van der Waals surface area contributed by atoms with Crippen molar-refractivity contribution in [1.29, 1.82) is 0 Å². The summed E-state index contributed by atoms with van der Waals surface area (Å²) < 4.78 is 0. The SMILES string of the molecule is CC1CC(C)(C)CC(c2ccccc2)(c2ccc(O)cc2)C1. The lowest BCUT2D eigenvalue weighted by molar-refractivity contribution is 0.127. The molecule has 0 heterocycles. The van der Waals surface area contributed by atoms with E-state index in [0.29, 0.717) is 17.1 Å². The average Bonchev–Trinajstić information content (AvgIpc) is 2.46. The Morgan fingerprint density at radius 3 is 2.05 bits per heavy atom. The third kappa shape index (κ3) is 2.77. The van der Waals surface area contributed by atoms with Crippen molar-refractivity contribution in [3.8, 4) is 5.75 Å². The lowest BCUT2D eigenvalue weighted by atomic mass is 9.55. The molecule has 116 valence electrons. The van der Waals surface area contributed by atoms with E-state index in [1.54, 1.807) is 0 Å². The van der Waals surface area contributed by atoms with E-state index >= 15 is 0 Å². The molecule has 2 atom stereocenters. The van der Waals surface area contributed by atoms with Crippen molar-refractivity contribution >= 4 is 0 Å². The Hall–Kier alpha value is -1.76. The van der Waals surface area contributed by atoms with Crippen molar-refractivity contribution in [3.05, 3.63) is 65.7 Å². The number of aromatic hydroxyl groups is 1. The van der Waals surface area contributed by atoms with Crippen LogP contribution >= 0.6 is 0 Å². The fourth-order valence-corrected chi connectivity index (χ4v) is 4.72. The van der Waals surface area contributed by atoms with Gasteiger partial charge in [0.15, 0.2) is 0 Å². The minimum absolute atomic E-state index is 0.0517. The van der Waals surface area contributed by atoms with E-state index in [1.807, 2.05) is 12.1 Å². The van der Waals surface area contributed by atoms with E-state index in [4.69, 9.17) is 0 Å². The van der Waals surface area contributed by atoms with Gasteiger partial charge in [-0.25, -0.2) is 0 Å². The molecule has 1 aliphatic rings. The monoisotopic (exact) mass is 294 g/mol. The number of hydrogen-bond donors (Lipinski definition) is 1. The zero-order valence-electron chi connectivity index (χ0n) is 13.8. The van der Waals surface area contributed by atoms with Gasteiger partial charge in [-0.3, -0.25) is 0 Å². The predicted molar refractivity (Wildman–Crippen MR) is 92.1 cm³/mol. The maximum atomic E-state index is 9.66. The smallest absolute Gasteiger partial charge is 0.115 e. The van der Waals surface area contributed by atoms with Gasteiger partial charge in [0.2, 0.25) is 0 Å². The molecular weight excluding hydrogens is 268 g/mol. The van der Waals surface area contributed by atoms with Crippen LogP contribution in [0.3, 0.4) is 0 Å². The second-order valence-electron chi connectivity index (χ2n) is 7.85. The molecule has 0 amide bonds. The molecule has 1 N–H and O–H groups in total. The fraction of sp³-hybridized carbons (Fsp3) is 0.429. The number of phenols is 1. The first kappa shape index (κ1) is 15.1. The molecule has 2 aromatic carbocycles. The summed E-state index contributed by atoms with van der Waals surface area (Å²) in [4.78, 5) is 0. The average molecular weight is 294 g/mol. The summed E-state index contributed by atoms with van der Waals surface area (Å²) in [5.74, 6) is 1.04. The van der Waals surface area contributed by atoms with Crippen LogP contribution in [0, 0.1) is 11.3 Å². The molecule has 0 aliphatic heterocycles. The van der Waals surface area contributed by atoms with E-state index < -0.39 is 0 Å². The molecule has 2 aromatic rings. The Morgan fingerprint density at radius 2 is 1.45 bits per heavy atom. The first-order valence-corrected chi connectivity index (χ1v) is 8.26. The highest BCUT2D eigenvalue weighted by Crippen LogP contribution is 2.53. The molecule has 2 unspecified atom stereocenters.